The molecule has 0 fully saturated rings. The number of phenolic OH excluding ortho intramolecular Hbond substituents is 1. The summed E-state index contributed by atoms with van der Waals surface area (Å²) in [5, 5.41) is 9.52. The van der Waals surface area contributed by atoms with E-state index in [2.05, 4.69) is 4.72 Å². The van der Waals surface area contributed by atoms with Crippen LogP contribution >= 0.6 is 23.2 Å². The molecule has 1 rings (SSSR count). The summed E-state index contributed by atoms with van der Waals surface area (Å²) in [4.78, 5) is 0. The van der Waals surface area contributed by atoms with Gasteiger partial charge in [0.25, 0.3) is 0 Å². The fraction of sp³-hybridized carbons (Fsp3) is 0.250. The number of anilines is 1. The zero-order chi connectivity index (χ0) is 10.7. The number of aromatic hydroxyl groups is 1. The van der Waals surface area contributed by atoms with Gasteiger partial charge in [0.05, 0.1) is 10.0 Å². The van der Waals surface area contributed by atoms with Crippen molar-refractivity contribution in [2.45, 2.75) is 6.92 Å². The first kappa shape index (κ1) is 11.6. The number of rotatable bonds is 3. The predicted octanol–water partition coefficient (Wildman–Crippen LogP) is 2.79. The third-order valence-electron chi connectivity index (χ3n) is 1.51. The molecule has 1 atom stereocenters. The number of nitrogens with one attached hydrogen (secondary N) is 1. The highest BCUT2D eigenvalue weighted by atomic mass is 35.5. The van der Waals surface area contributed by atoms with Gasteiger partial charge in [0.2, 0.25) is 0 Å². The SMILES string of the molecule is CCS(=O)Nc1cc(Cl)c(O)c(Cl)c1. The minimum atomic E-state index is -1.15. The monoisotopic (exact) mass is 253 g/mol. The molecule has 0 saturated heterocycles. The third-order valence-corrected chi connectivity index (χ3v) is 3.07. The lowest BCUT2D eigenvalue weighted by atomic mass is 10.3. The van der Waals surface area contributed by atoms with Crippen molar-refractivity contribution in [2.24, 2.45) is 0 Å². The minimum absolute atomic E-state index is 0.133. The van der Waals surface area contributed by atoms with Crippen molar-refractivity contribution in [2.75, 3.05) is 10.5 Å². The van der Waals surface area contributed by atoms with Crippen molar-refractivity contribution in [3.63, 3.8) is 0 Å². The molecule has 3 nitrogen and oxygen atoms in total. The summed E-state index contributed by atoms with van der Waals surface area (Å²) in [5.74, 6) is 0.317. The molecule has 1 aromatic carbocycles. The maximum atomic E-state index is 11.1. The Kier molecular flexibility index (Phi) is 4.04. The van der Waals surface area contributed by atoms with Gasteiger partial charge in [-0.2, -0.15) is 0 Å². The first-order valence-electron chi connectivity index (χ1n) is 3.87. The lowest BCUT2D eigenvalue weighted by molar-refractivity contribution is 0.476. The van der Waals surface area contributed by atoms with Gasteiger partial charge in [0.1, 0.15) is 11.0 Å². The van der Waals surface area contributed by atoms with Crippen LogP contribution in [0.15, 0.2) is 12.1 Å². The number of hydrogen-bond acceptors (Lipinski definition) is 2. The highest BCUT2D eigenvalue weighted by Crippen LogP contribution is 2.34. The normalized spacial score (nSPS) is 12.5. The van der Waals surface area contributed by atoms with Crippen LogP contribution in [0.2, 0.25) is 10.0 Å². The third kappa shape index (κ3) is 2.77. The average molecular weight is 254 g/mol. The maximum absolute atomic E-state index is 11.1. The van der Waals surface area contributed by atoms with Crippen LogP contribution in [0, 0.1) is 0 Å². The lowest BCUT2D eigenvalue weighted by Crippen LogP contribution is -2.05. The zero-order valence-electron chi connectivity index (χ0n) is 7.38. The molecule has 14 heavy (non-hydrogen) atoms. The molecule has 0 radical (unpaired) electrons. The highest BCUT2D eigenvalue weighted by molar-refractivity contribution is 7.86. The van der Waals surface area contributed by atoms with Crippen LogP contribution in [0.4, 0.5) is 5.69 Å². The van der Waals surface area contributed by atoms with Gasteiger partial charge in [-0.15, -0.1) is 0 Å². The summed E-state index contributed by atoms with van der Waals surface area (Å²) >= 11 is 11.3. The van der Waals surface area contributed by atoms with Gasteiger partial charge >= 0.3 is 0 Å². The molecule has 0 aliphatic rings. The van der Waals surface area contributed by atoms with Crippen molar-refractivity contribution in [1.29, 1.82) is 0 Å². The Morgan fingerprint density at radius 2 is 1.93 bits per heavy atom. The average Bonchev–Trinajstić information content (AvgIpc) is 2.14. The van der Waals surface area contributed by atoms with E-state index in [4.69, 9.17) is 23.2 Å². The minimum Gasteiger partial charge on any atom is -0.505 e. The Labute approximate surface area is 94.6 Å². The maximum Gasteiger partial charge on any atom is 0.152 e. The second-order valence-electron chi connectivity index (χ2n) is 2.52. The highest BCUT2D eigenvalue weighted by Gasteiger charge is 2.07. The molecule has 0 aromatic heterocycles. The smallest absolute Gasteiger partial charge is 0.152 e. The van der Waals surface area contributed by atoms with Crippen molar-refractivity contribution in [3.05, 3.63) is 22.2 Å². The van der Waals surface area contributed by atoms with E-state index in [1.807, 2.05) is 0 Å². The quantitative estimate of drug-likeness (QED) is 0.815. The van der Waals surface area contributed by atoms with Gasteiger partial charge in [-0.1, -0.05) is 30.1 Å². The molecule has 0 spiro atoms. The fourth-order valence-electron chi connectivity index (χ4n) is 0.828. The van der Waals surface area contributed by atoms with Crippen molar-refractivity contribution in [1.82, 2.24) is 0 Å². The second-order valence-corrected chi connectivity index (χ2v) is 4.81. The predicted molar refractivity (Wildman–Crippen MR) is 60.4 cm³/mol. The molecule has 0 heterocycles. The Hall–Kier alpha value is -0.450. The van der Waals surface area contributed by atoms with Gasteiger partial charge in [0, 0.05) is 11.4 Å². The van der Waals surface area contributed by atoms with E-state index in [-0.39, 0.29) is 15.8 Å². The molecule has 0 aliphatic carbocycles. The van der Waals surface area contributed by atoms with Crippen molar-refractivity contribution < 1.29 is 9.32 Å². The molecule has 1 aromatic rings. The molecular formula is C8H9Cl2NO2S. The molecule has 2 N–H and O–H groups in total. The van der Waals surface area contributed by atoms with E-state index in [1.165, 1.54) is 12.1 Å². The van der Waals surface area contributed by atoms with E-state index in [0.29, 0.717) is 11.4 Å². The van der Waals surface area contributed by atoms with Crippen LogP contribution in [0.1, 0.15) is 6.92 Å². The van der Waals surface area contributed by atoms with Crippen LogP contribution < -0.4 is 4.72 Å². The van der Waals surface area contributed by atoms with E-state index < -0.39 is 11.0 Å². The van der Waals surface area contributed by atoms with Crippen LogP contribution in [-0.4, -0.2) is 15.1 Å². The van der Waals surface area contributed by atoms with E-state index in [0.717, 1.165) is 0 Å². The largest absolute Gasteiger partial charge is 0.505 e. The van der Waals surface area contributed by atoms with Crippen molar-refractivity contribution in [3.8, 4) is 5.75 Å². The summed E-state index contributed by atoms with van der Waals surface area (Å²) in [6.07, 6.45) is 0. The van der Waals surface area contributed by atoms with Crippen LogP contribution in [0.25, 0.3) is 0 Å². The van der Waals surface area contributed by atoms with Crippen LogP contribution in [0.3, 0.4) is 0 Å². The Morgan fingerprint density at radius 1 is 1.43 bits per heavy atom. The molecule has 1 unspecified atom stereocenters. The van der Waals surface area contributed by atoms with E-state index in [9.17, 15) is 9.32 Å². The summed E-state index contributed by atoms with van der Waals surface area (Å²) in [5.41, 5.74) is 0.526. The molecule has 0 saturated carbocycles. The van der Waals surface area contributed by atoms with Gasteiger partial charge in [-0.3, -0.25) is 0 Å². The number of phenols is 1. The summed E-state index contributed by atoms with van der Waals surface area (Å²) in [6, 6.07) is 2.94. The van der Waals surface area contributed by atoms with Gasteiger partial charge < -0.3 is 9.83 Å². The Morgan fingerprint density at radius 3 is 2.36 bits per heavy atom. The standard InChI is InChI=1S/C8H9Cl2NO2S/c1-2-14(13)11-5-3-6(9)8(12)7(10)4-5/h3-4,11-12H,2H2,1H3. The van der Waals surface area contributed by atoms with Crippen molar-refractivity contribution >= 4 is 39.9 Å². The summed E-state index contributed by atoms with van der Waals surface area (Å²) < 4.78 is 13.8. The van der Waals surface area contributed by atoms with Gasteiger partial charge in [-0.25, -0.2) is 4.21 Å². The molecule has 78 valence electrons. The van der Waals surface area contributed by atoms with E-state index in [1.54, 1.807) is 6.92 Å². The van der Waals surface area contributed by atoms with Crippen LogP contribution in [0.5, 0.6) is 5.75 Å². The number of benzene rings is 1. The molecule has 0 bridgehead atoms. The summed E-state index contributed by atoms with van der Waals surface area (Å²) in [6.45, 7) is 1.78. The Bertz CT molecular complexity index is 347. The second kappa shape index (κ2) is 4.87. The Balaban J connectivity index is 2.95. The number of halogens is 2. The van der Waals surface area contributed by atoms with Gasteiger partial charge in [-0.05, 0) is 12.1 Å². The zero-order valence-corrected chi connectivity index (χ0v) is 9.71. The lowest BCUT2D eigenvalue weighted by Gasteiger charge is -2.06. The molecular weight excluding hydrogens is 245 g/mol. The van der Waals surface area contributed by atoms with Crippen LogP contribution in [-0.2, 0) is 11.0 Å². The molecule has 0 aliphatic heterocycles. The summed E-state index contributed by atoms with van der Waals surface area (Å²) in [7, 11) is -1.15. The number of hydrogen-bond donors (Lipinski definition) is 2. The first-order chi connectivity index (χ1) is 6.54. The van der Waals surface area contributed by atoms with E-state index >= 15 is 0 Å². The fourth-order valence-corrected chi connectivity index (χ4v) is 1.84. The topological polar surface area (TPSA) is 49.3 Å². The molecule has 6 heteroatoms. The van der Waals surface area contributed by atoms with Gasteiger partial charge in [0.15, 0.2) is 5.75 Å². The molecule has 0 amide bonds. The first-order valence-corrected chi connectivity index (χ1v) is 5.95.